The number of carbonyl (C=O) groups excluding carboxylic acids is 3. The molecule has 8 rings (SSSR count). The van der Waals surface area contributed by atoms with E-state index >= 15 is 0 Å². The van der Waals surface area contributed by atoms with Crippen LogP contribution in [0.2, 0.25) is 0 Å². The molecule has 3 N–H and O–H groups in total. The Bertz CT molecular complexity index is 3310. The first kappa shape index (κ1) is 69.0. The Morgan fingerprint density at radius 2 is 1.02 bits per heavy atom. The molecule has 2 aromatic heterocycles. The summed E-state index contributed by atoms with van der Waals surface area (Å²) in [6.07, 6.45) is 4.07. The van der Waals surface area contributed by atoms with E-state index in [-0.39, 0.29) is 78.3 Å². The average Bonchev–Trinajstić information content (AvgIpc) is 3.63. The summed E-state index contributed by atoms with van der Waals surface area (Å²) >= 11 is 0. The fraction of sp³-hybridized carbons (Fsp3) is 0.441. The van der Waals surface area contributed by atoms with Crippen LogP contribution in [0.5, 0.6) is 0 Å². The molecule has 2 fully saturated rings. The Hall–Kier alpha value is -6.80. The van der Waals surface area contributed by atoms with Crippen LogP contribution in [0.4, 0.5) is 8.78 Å². The summed E-state index contributed by atoms with van der Waals surface area (Å²) in [4.78, 5) is 82.4. The second kappa shape index (κ2) is 32.1. The summed E-state index contributed by atoms with van der Waals surface area (Å²) < 4.78 is 34.5. The van der Waals surface area contributed by atoms with Gasteiger partial charge < -0.3 is 29.8 Å². The molecule has 0 aliphatic carbocycles. The van der Waals surface area contributed by atoms with E-state index in [4.69, 9.17) is 4.74 Å². The Balaban J connectivity index is 0.000000304. The first-order valence-corrected chi connectivity index (χ1v) is 29.2. The molecule has 2 aliphatic rings. The predicted molar refractivity (Wildman–Crippen MR) is 325 cm³/mol. The van der Waals surface area contributed by atoms with Crippen LogP contribution in [-0.2, 0) is 36.8 Å². The van der Waals surface area contributed by atoms with Gasteiger partial charge in [-0.1, -0.05) is 119 Å². The average molecular weight is 1160 g/mol. The monoisotopic (exact) mass is 1160 g/mol. The normalized spacial score (nSPS) is 15.0. The SMILES string of the molecule is COC(=O)C[C@H](CC(=O)C(CC(C)C)n1cc(CCN2CC(F)C2)ccc1=O)c1cccc(-c2c(C)cccc2C)c1.Cc1cccc(C)c1-c1cccc([C@H](CC(=O)O)NC(=O)C(CC(C)C)n2cc(CCN3CC(F)C3)ccc2=O)c1.[Li+].[OH-]. The van der Waals surface area contributed by atoms with Gasteiger partial charge in [0.15, 0.2) is 5.78 Å². The van der Waals surface area contributed by atoms with Gasteiger partial charge in [0.1, 0.15) is 18.4 Å². The number of nitrogens with one attached hydrogen (secondary N) is 1. The van der Waals surface area contributed by atoms with Crippen LogP contribution in [0, 0.1) is 39.5 Å². The third kappa shape index (κ3) is 19.1. The summed E-state index contributed by atoms with van der Waals surface area (Å²) in [5, 5.41) is 12.7. The summed E-state index contributed by atoms with van der Waals surface area (Å²) in [6, 6.07) is 32.2. The van der Waals surface area contributed by atoms with Crippen LogP contribution in [0.15, 0.2) is 131 Å². The number of methoxy groups -OCH3 is 1. The van der Waals surface area contributed by atoms with Crippen LogP contribution in [0.25, 0.3) is 22.3 Å². The molecule has 0 spiro atoms. The van der Waals surface area contributed by atoms with Gasteiger partial charge in [-0.05, 0) is 138 Å². The van der Waals surface area contributed by atoms with Gasteiger partial charge in [-0.25, -0.2) is 8.78 Å². The molecular formula is C68H84F2LiN5O9. The van der Waals surface area contributed by atoms with Gasteiger partial charge >= 0.3 is 30.8 Å². The zero-order valence-corrected chi connectivity index (χ0v) is 51.2. The number of amides is 1. The van der Waals surface area contributed by atoms with Crippen molar-refractivity contribution in [2.45, 2.75) is 137 Å². The number of nitrogens with zero attached hydrogens (tertiary/aromatic N) is 4. The minimum absolute atomic E-state index is 0. The molecule has 6 aromatic rings. The van der Waals surface area contributed by atoms with Gasteiger partial charge in [0, 0.05) is 76.1 Å². The first-order valence-electron chi connectivity index (χ1n) is 29.2. The number of aryl methyl sites for hydroxylation is 4. The number of hydrogen-bond donors (Lipinski definition) is 2. The second-order valence-corrected chi connectivity index (χ2v) is 23.7. The molecule has 0 radical (unpaired) electrons. The predicted octanol–water partition coefficient (Wildman–Crippen LogP) is 8.30. The summed E-state index contributed by atoms with van der Waals surface area (Å²) in [6.45, 7) is 19.4. The van der Waals surface area contributed by atoms with Crippen molar-refractivity contribution in [2.75, 3.05) is 46.4 Å². The number of ether oxygens (including phenoxy) is 1. The van der Waals surface area contributed by atoms with Crippen LogP contribution >= 0.6 is 0 Å². The molecule has 0 saturated carbocycles. The number of carboxylic acid groups (broad SMARTS) is 1. The van der Waals surface area contributed by atoms with E-state index < -0.39 is 48.3 Å². The fourth-order valence-electron chi connectivity index (χ4n) is 11.5. The van der Waals surface area contributed by atoms with Crippen LogP contribution < -0.4 is 35.3 Å². The Kier molecular flexibility index (Phi) is 26.0. The van der Waals surface area contributed by atoms with Gasteiger partial charge in [-0.15, -0.1) is 0 Å². The second-order valence-electron chi connectivity index (χ2n) is 23.7. The zero-order valence-electron chi connectivity index (χ0n) is 51.2. The van der Waals surface area contributed by atoms with Crippen molar-refractivity contribution in [1.29, 1.82) is 0 Å². The first-order chi connectivity index (χ1) is 39.6. The molecule has 2 unspecified atom stereocenters. The number of esters is 1. The number of carbonyl (C=O) groups is 4. The number of alkyl halides is 2. The molecule has 4 atom stereocenters. The molecule has 0 bridgehead atoms. The topological polar surface area (TPSA) is 190 Å². The number of carboxylic acids is 1. The third-order valence-electron chi connectivity index (χ3n) is 16.0. The van der Waals surface area contributed by atoms with Gasteiger partial charge in [0.05, 0.1) is 32.0 Å². The fourth-order valence-corrected chi connectivity index (χ4v) is 11.5. The number of aliphatic carboxylic acids is 1. The van der Waals surface area contributed by atoms with Crippen LogP contribution in [0.1, 0.15) is 128 Å². The maximum absolute atomic E-state index is 14.1. The van der Waals surface area contributed by atoms with E-state index in [0.717, 1.165) is 61.2 Å². The van der Waals surface area contributed by atoms with Crippen molar-refractivity contribution in [2.24, 2.45) is 11.8 Å². The van der Waals surface area contributed by atoms with Gasteiger partial charge in [-0.2, -0.15) is 0 Å². The summed E-state index contributed by atoms with van der Waals surface area (Å²) in [5.74, 6) is -2.03. The summed E-state index contributed by atoms with van der Waals surface area (Å²) in [7, 11) is 1.36. The Labute approximate surface area is 511 Å². The molecule has 4 aromatic carbocycles. The Morgan fingerprint density at radius 3 is 1.46 bits per heavy atom. The van der Waals surface area contributed by atoms with Crippen LogP contribution in [0.3, 0.4) is 0 Å². The van der Waals surface area contributed by atoms with Gasteiger partial charge in [0.2, 0.25) is 5.91 Å². The van der Waals surface area contributed by atoms with E-state index in [9.17, 15) is 42.7 Å². The van der Waals surface area contributed by atoms with Crippen molar-refractivity contribution in [3.63, 3.8) is 0 Å². The quantitative estimate of drug-likeness (QED) is 0.0414. The molecule has 1 amide bonds. The molecule has 4 heterocycles. The smallest absolute Gasteiger partial charge is 0.870 e. The number of aromatic nitrogens is 2. The van der Waals surface area contributed by atoms with E-state index in [1.54, 1.807) is 29.1 Å². The maximum Gasteiger partial charge on any atom is 1.00 e. The van der Waals surface area contributed by atoms with E-state index in [1.165, 1.54) is 23.8 Å². The largest absolute Gasteiger partial charge is 1.00 e. The molecule has 85 heavy (non-hydrogen) atoms. The van der Waals surface area contributed by atoms with Crippen molar-refractivity contribution >= 4 is 23.6 Å². The van der Waals surface area contributed by atoms with Crippen molar-refractivity contribution < 1.29 is 62.1 Å². The number of rotatable bonds is 25. The van der Waals surface area contributed by atoms with E-state index in [0.29, 0.717) is 70.5 Å². The number of halogens is 2. The zero-order chi connectivity index (χ0) is 60.1. The Morgan fingerprint density at radius 1 is 0.600 bits per heavy atom. The number of benzene rings is 4. The number of likely N-dealkylation sites (tertiary alicyclic amines) is 2. The van der Waals surface area contributed by atoms with E-state index in [1.807, 2.05) is 112 Å². The number of hydrogen-bond acceptors (Lipinski definition) is 10. The number of ketones is 1. The van der Waals surface area contributed by atoms with Gasteiger partial charge in [-0.3, -0.25) is 38.6 Å². The minimum Gasteiger partial charge on any atom is -0.870 e. The van der Waals surface area contributed by atoms with Crippen molar-refractivity contribution in [1.82, 2.24) is 24.3 Å². The number of Topliss-reactive ketones (excluding diaryl/α,β-unsaturated/α-hetero) is 1. The maximum atomic E-state index is 14.1. The van der Waals surface area contributed by atoms with Crippen molar-refractivity contribution in [3.05, 3.63) is 187 Å². The summed E-state index contributed by atoms with van der Waals surface area (Å²) in [5.41, 5.74) is 11.6. The minimum atomic E-state index is -1.03. The third-order valence-corrected chi connectivity index (χ3v) is 16.0. The molecule has 2 saturated heterocycles. The van der Waals surface area contributed by atoms with Crippen molar-refractivity contribution in [3.8, 4) is 22.3 Å². The molecule has 2 aliphatic heterocycles. The molecule has 450 valence electrons. The van der Waals surface area contributed by atoms with E-state index in [2.05, 4.69) is 43.4 Å². The number of pyridine rings is 2. The molecule has 17 heteroatoms. The van der Waals surface area contributed by atoms with Crippen LogP contribution in [-0.4, -0.2) is 112 Å². The van der Waals surface area contributed by atoms with Gasteiger partial charge in [0.25, 0.3) is 11.1 Å². The molecule has 14 nitrogen and oxygen atoms in total. The standard InChI is InChI=1S/C35H43FN2O4.C33H40FN3O4.Li.H2O/c1-23(2)16-31(38-20-26(12-13-33(38)40)14-15-37-21-30(36)22-37)32(39)18-29(19-34(41)42-5)27-10-7-11-28(17-27)35-24(3)8-6-9-25(35)4;1-21(2)15-29(37-18-24(11-12-30(37)38)13-14-36-19-27(34)20-36)33(41)35-28(17-31(39)40)25-9-6-10-26(16-25)32-22(3)7-5-8-23(32)4;;/h6-13,17,20,23,29-31H,14-16,18-19,21-22H2,1-5H3;5-12,16,18,21,27-29H,13-15,17,19-20H2,1-4H3,(H,35,41)(H,39,40);;1H2/q;;+1;/p-1/t29-,31?;28-,29?;;/m00../s1. The molecular weight excluding hydrogens is 1080 g/mol.